The van der Waals surface area contributed by atoms with Crippen LogP contribution in [0.15, 0.2) is 206 Å². The quantitative estimate of drug-likeness (QED) is 0.157. The van der Waals surface area contributed by atoms with Gasteiger partial charge in [0, 0.05) is 55.2 Å². The third-order valence-electron chi connectivity index (χ3n) is 13.1. The molecular formula is C62H34N8. The minimum Gasteiger partial charge on any atom is -0.309 e. The van der Waals surface area contributed by atoms with Crippen molar-refractivity contribution in [2.45, 2.75) is 0 Å². The van der Waals surface area contributed by atoms with Crippen LogP contribution in [0.5, 0.6) is 0 Å². The maximum absolute atomic E-state index is 10.6. The molecule has 0 saturated heterocycles. The number of hydrogen-bond donors (Lipinski definition) is 0. The average molecular weight is 891 g/mol. The molecular weight excluding hydrogens is 857 g/mol. The molecule has 0 aliphatic carbocycles. The van der Waals surface area contributed by atoms with Gasteiger partial charge in [-0.05, 0) is 120 Å². The average Bonchev–Trinajstić information content (AvgIpc) is 3.95. The highest BCUT2D eigenvalue weighted by molar-refractivity contribution is 6.12. The molecule has 0 fully saturated rings. The van der Waals surface area contributed by atoms with Gasteiger partial charge >= 0.3 is 0 Å². The Labute approximate surface area is 402 Å². The van der Waals surface area contributed by atoms with Crippen molar-refractivity contribution in [2.24, 2.45) is 0 Å². The zero-order valence-corrected chi connectivity index (χ0v) is 37.2. The third-order valence-corrected chi connectivity index (χ3v) is 13.1. The third kappa shape index (κ3) is 6.90. The lowest BCUT2D eigenvalue weighted by Gasteiger charge is -2.13. The molecule has 12 rings (SSSR count). The molecule has 9 aromatic carbocycles. The lowest BCUT2D eigenvalue weighted by molar-refractivity contribution is 1.17. The van der Waals surface area contributed by atoms with E-state index in [1.165, 1.54) is 32.6 Å². The van der Waals surface area contributed by atoms with Gasteiger partial charge in [0.15, 0.2) is 5.82 Å². The molecule has 0 saturated carbocycles. The predicted molar refractivity (Wildman–Crippen MR) is 277 cm³/mol. The summed E-state index contributed by atoms with van der Waals surface area (Å²) in [6.07, 6.45) is 0. The highest BCUT2D eigenvalue weighted by Gasteiger charge is 2.19. The van der Waals surface area contributed by atoms with E-state index in [4.69, 9.17) is 9.97 Å². The molecule has 0 amide bonds. The largest absolute Gasteiger partial charge is 0.309 e. The molecule has 0 unspecified atom stereocenters. The summed E-state index contributed by atoms with van der Waals surface area (Å²) in [6.45, 7) is 0. The van der Waals surface area contributed by atoms with E-state index in [-0.39, 0.29) is 0 Å². The highest BCUT2D eigenvalue weighted by Crippen LogP contribution is 2.39. The predicted octanol–water partition coefficient (Wildman–Crippen LogP) is 14.5. The Bertz CT molecular complexity index is 4080. The van der Waals surface area contributed by atoms with Gasteiger partial charge in [-0.1, -0.05) is 103 Å². The normalized spacial score (nSPS) is 11.1. The van der Waals surface area contributed by atoms with Crippen LogP contribution in [-0.2, 0) is 0 Å². The van der Waals surface area contributed by atoms with E-state index in [0.717, 1.165) is 44.7 Å². The smallest absolute Gasteiger partial charge is 0.160 e. The summed E-state index contributed by atoms with van der Waals surface area (Å²) < 4.78 is 4.69. The Morgan fingerprint density at radius 2 is 0.729 bits per heavy atom. The first-order valence-corrected chi connectivity index (χ1v) is 22.6. The van der Waals surface area contributed by atoms with Crippen molar-refractivity contribution in [3.63, 3.8) is 0 Å². The van der Waals surface area contributed by atoms with Crippen LogP contribution in [-0.4, -0.2) is 19.1 Å². The van der Waals surface area contributed by atoms with E-state index in [0.29, 0.717) is 56.2 Å². The van der Waals surface area contributed by atoms with Crippen LogP contribution >= 0.6 is 0 Å². The number of benzene rings is 9. The van der Waals surface area contributed by atoms with Gasteiger partial charge in [0.05, 0.1) is 80.0 Å². The minimum atomic E-state index is 0.331. The maximum atomic E-state index is 10.6. The van der Waals surface area contributed by atoms with Crippen molar-refractivity contribution in [3.05, 3.63) is 229 Å². The second-order valence-electron chi connectivity index (χ2n) is 17.1. The van der Waals surface area contributed by atoms with Crippen molar-refractivity contribution < 1.29 is 0 Å². The number of nitrogens with zero attached hydrogens (tertiary/aromatic N) is 8. The number of para-hydroxylation sites is 3. The first-order chi connectivity index (χ1) is 34.5. The van der Waals surface area contributed by atoms with Crippen LogP contribution in [0.25, 0.3) is 111 Å². The Kier molecular flexibility index (Phi) is 9.86. The van der Waals surface area contributed by atoms with E-state index in [1.807, 2.05) is 42.5 Å². The van der Waals surface area contributed by atoms with Crippen molar-refractivity contribution in [1.82, 2.24) is 19.1 Å². The van der Waals surface area contributed by atoms with Crippen molar-refractivity contribution in [2.75, 3.05) is 0 Å². The van der Waals surface area contributed by atoms with Crippen LogP contribution in [0.2, 0.25) is 0 Å². The van der Waals surface area contributed by atoms with E-state index in [1.54, 1.807) is 48.5 Å². The topological polar surface area (TPSA) is 131 Å². The van der Waals surface area contributed by atoms with Gasteiger partial charge in [-0.15, -0.1) is 0 Å². The Hall–Kier alpha value is -10.4. The van der Waals surface area contributed by atoms with E-state index in [2.05, 4.69) is 149 Å². The summed E-state index contributed by atoms with van der Waals surface area (Å²) in [7, 11) is 0. The molecule has 12 aromatic rings. The molecule has 0 bridgehead atoms. The summed E-state index contributed by atoms with van der Waals surface area (Å²) in [5, 5.41) is 44.8. The summed E-state index contributed by atoms with van der Waals surface area (Å²) in [5.41, 5.74) is 14.9. The van der Waals surface area contributed by atoms with Gasteiger partial charge in [-0.3, -0.25) is 0 Å². The zero-order valence-electron chi connectivity index (χ0n) is 37.2. The molecule has 70 heavy (non-hydrogen) atoms. The fraction of sp³-hybridized carbons (Fsp3) is 0. The van der Waals surface area contributed by atoms with Gasteiger partial charge in [0.2, 0.25) is 0 Å². The maximum Gasteiger partial charge on any atom is 0.160 e. The number of rotatable bonds is 7. The second kappa shape index (κ2) is 16.8. The zero-order chi connectivity index (χ0) is 47.3. The van der Waals surface area contributed by atoms with Crippen LogP contribution in [0, 0.1) is 45.3 Å². The van der Waals surface area contributed by atoms with Gasteiger partial charge < -0.3 is 9.13 Å². The number of aromatic nitrogens is 4. The first-order valence-electron chi connectivity index (χ1n) is 22.6. The number of hydrogen-bond acceptors (Lipinski definition) is 6. The fourth-order valence-corrected chi connectivity index (χ4v) is 9.77. The summed E-state index contributed by atoms with van der Waals surface area (Å²) in [4.78, 5) is 9.76. The van der Waals surface area contributed by atoms with E-state index < -0.39 is 0 Å². The Balaban J connectivity index is 0.876. The molecule has 0 atom stereocenters. The lowest BCUT2D eigenvalue weighted by atomic mass is 9.91. The fourth-order valence-electron chi connectivity index (χ4n) is 9.77. The van der Waals surface area contributed by atoms with Crippen LogP contribution in [0.3, 0.4) is 0 Å². The molecule has 0 N–H and O–H groups in total. The van der Waals surface area contributed by atoms with Crippen LogP contribution < -0.4 is 0 Å². The molecule has 0 aliphatic heterocycles. The van der Waals surface area contributed by atoms with Gasteiger partial charge in [-0.25, -0.2) is 9.97 Å². The van der Waals surface area contributed by atoms with Crippen LogP contribution in [0.1, 0.15) is 22.3 Å². The molecule has 8 nitrogen and oxygen atoms in total. The number of fused-ring (bicyclic) bond motifs is 6. The molecule has 8 heteroatoms. The van der Waals surface area contributed by atoms with Crippen molar-refractivity contribution in [3.8, 4) is 91.8 Å². The van der Waals surface area contributed by atoms with Crippen LogP contribution in [0.4, 0.5) is 0 Å². The van der Waals surface area contributed by atoms with Gasteiger partial charge in [-0.2, -0.15) is 21.0 Å². The monoisotopic (exact) mass is 890 g/mol. The van der Waals surface area contributed by atoms with E-state index in [9.17, 15) is 21.0 Å². The standard InChI is InChI=1S/C62H34N8/c63-35-39-13-17-43(18-14-39)55-34-56(68-62(67-55)45-19-15-40(36-64)16-20-45)46-31-47(37-65)61(48(32-46)38-66)44-23-21-41(22-24-44)42-25-27-49(28-26-42)69-59-12-6-3-9-53(59)54-33-50(29-30-60(54)69)70-57-10-4-1-7-51(57)52-8-2-5-11-58(52)70/h1-34H. The molecule has 322 valence electrons. The summed E-state index contributed by atoms with van der Waals surface area (Å²) in [6, 6.07) is 77.5. The summed E-state index contributed by atoms with van der Waals surface area (Å²) >= 11 is 0. The first kappa shape index (κ1) is 41.1. The minimum absolute atomic E-state index is 0.331. The van der Waals surface area contributed by atoms with Gasteiger partial charge in [0.25, 0.3) is 0 Å². The molecule has 0 radical (unpaired) electrons. The SMILES string of the molecule is N#Cc1ccc(-c2cc(-c3cc(C#N)c(-c4ccc(-c5ccc(-n6c7ccccc7c7cc(-n8c9ccccc9c9ccccc98)ccc76)cc5)cc4)c(C#N)c3)nc(-c3ccc(C#N)cc3)n2)cc1. The van der Waals surface area contributed by atoms with E-state index >= 15 is 0 Å². The van der Waals surface area contributed by atoms with Gasteiger partial charge in [0.1, 0.15) is 0 Å². The molecule has 3 heterocycles. The number of nitriles is 4. The molecule has 0 spiro atoms. The summed E-state index contributed by atoms with van der Waals surface area (Å²) in [5.74, 6) is 0.409. The molecule has 3 aromatic heterocycles. The van der Waals surface area contributed by atoms with Crippen molar-refractivity contribution >= 4 is 43.6 Å². The van der Waals surface area contributed by atoms with Crippen molar-refractivity contribution in [1.29, 1.82) is 21.0 Å². The Morgan fingerprint density at radius 1 is 0.314 bits per heavy atom. The highest BCUT2D eigenvalue weighted by atomic mass is 15.0. The lowest BCUT2D eigenvalue weighted by Crippen LogP contribution is -1.98. The second-order valence-corrected chi connectivity index (χ2v) is 17.1. The molecule has 0 aliphatic rings. The Morgan fingerprint density at radius 3 is 1.26 bits per heavy atom.